The lowest BCUT2D eigenvalue weighted by atomic mass is 9.83. The van der Waals surface area contributed by atoms with Gasteiger partial charge in [0.1, 0.15) is 0 Å². The molecule has 0 saturated carbocycles. The van der Waals surface area contributed by atoms with Crippen molar-refractivity contribution >= 4 is 9.04 Å². The van der Waals surface area contributed by atoms with Gasteiger partial charge in [0, 0.05) is 5.92 Å². The fourth-order valence-electron chi connectivity index (χ4n) is 2.12. The summed E-state index contributed by atoms with van der Waals surface area (Å²) in [5, 5.41) is 9.83. The summed E-state index contributed by atoms with van der Waals surface area (Å²) in [5.74, 6) is 0.289. The van der Waals surface area contributed by atoms with Gasteiger partial charge in [0.15, 0.2) is 9.04 Å². The Morgan fingerprint density at radius 1 is 1.44 bits per heavy atom. The van der Waals surface area contributed by atoms with Crippen molar-refractivity contribution in [2.24, 2.45) is 11.3 Å². The Hall–Kier alpha value is -0.123. The second kappa shape index (κ2) is 5.47. The van der Waals surface area contributed by atoms with Gasteiger partial charge < -0.3 is 9.53 Å². The van der Waals surface area contributed by atoms with Crippen LogP contribution in [0.3, 0.4) is 0 Å². The Balaban J connectivity index is 2.60. The average molecular weight is 242 g/mol. The first-order valence-electron chi connectivity index (χ1n) is 6.31. The van der Waals surface area contributed by atoms with Gasteiger partial charge in [-0.15, -0.1) is 0 Å². The summed E-state index contributed by atoms with van der Waals surface area (Å²) in [6.07, 6.45) is 6.06. The van der Waals surface area contributed by atoms with E-state index < -0.39 is 9.04 Å². The molecule has 1 aliphatic rings. The molecule has 16 heavy (non-hydrogen) atoms. The molecule has 94 valence electrons. The Bertz CT molecular complexity index is 243. The van der Waals surface area contributed by atoms with Gasteiger partial charge >= 0.3 is 0 Å². The molecule has 1 rings (SSSR count). The number of aliphatic hydroxyl groups is 1. The van der Waals surface area contributed by atoms with Crippen molar-refractivity contribution in [3.63, 3.8) is 0 Å². The number of hydrogen-bond donors (Lipinski definition) is 1. The van der Waals surface area contributed by atoms with Gasteiger partial charge in [0.25, 0.3) is 0 Å². The minimum Gasteiger partial charge on any atom is -0.417 e. The summed E-state index contributed by atoms with van der Waals surface area (Å²) in [5.41, 5.74) is 0.160. The van der Waals surface area contributed by atoms with E-state index in [-0.39, 0.29) is 23.5 Å². The summed E-state index contributed by atoms with van der Waals surface area (Å²) in [6, 6.07) is 0. The zero-order valence-electron chi connectivity index (χ0n) is 11.2. The average Bonchev–Trinajstić information content (AvgIpc) is 2.48. The Labute approximate surface area is 101 Å². The van der Waals surface area contributed by atoms with Crippen molar-refractivity contribution in [1.82, 2.24) is 0 Å². The molecule has 1 N–H and O–H groups in total. The summed E-state index contributed by atoms with van der Waals surface area (Å²) < 4.78 is 6.12. The van der Waals surface area contributed by atoms with Crippen LogP contribution in [0, 0.1) is 11.3 Å². The van der Waals surface area contributed by atoms with Crippen molar-refractivity contribution in [1.29, 1.82) is 0 Å². The van der Waals surface area contributed by atoms with Gasteiger partial charge in [-0.25, -0.2) is 0 Å². The number of rotatable bonds is 4. The lowest BCUT2D eigenvalue weighted by Crippen LogP contribution is -2.36. The van der Waals surface area contributed by atoms with E-state index in [2.05, 4.69) is 46.0 Å². The molecule has 0 radical (unpaired) electrons. The van der Waals surface area contributed by atoms with Gasteiger partial charge in [0.2, 0.25) is 0 Å². The topological polar surface area (TPSA) is 29.5 Å². The normalized spacial score (nSPS) is 27.7. The van der Waals surface area contributed by atoms with Crippen molar-refractivity contribution in [2.45, 2.75) is 58.9 Å². The summed E-state index contributed by atoms with van der Waals surface area (Å²) in [7, 11) is -1.01. The highest BCUT2D eigenvalue weighted by atomic mass is 28.3. The smallest absolute Gasteiger partial charge is 0.171 e. The van der Waals surface area contributed by atoms with Crippen molar-refractivity contribution < 1.29 is 9.53 Å². The van der Waals surface area contributed by atoms with Crippen LogP contribution in [0.4, 0.5) is 0 Å². The molecule has 0 aromatic rings. The van der Waals surface area contributed by atoms with Crippen LogP contribution in [-0.4, -0.2) is 26.4 Å². The van der Waals surface area contributed by atoms with Crippen LogP contribution in [0.2, 0.25) is 13.1 Å². The molecule has 0 aromatic heterocycles. The predicted molar refractivity (Wildman–Crippen MR) is 71.1 cm³/mol. The molecule has 3 heteroatoms. The molecule has 1 aliphatic carbocycles. The number of aliphatic hydroxyl groups excluding tert-OH is 1. The first-order valence-corrected chi connectivity index (χ1v) is 9.09. The van der Waals surface area contributed by atoms with E-state index >= 15 is 0 Å². The zero-order valence-corrected chi connectivity index (χ0v) is 12.4. The zero-order chi connectivity index (χ0) is 12.3. The second-order valence-corrected chi connectivity index (χ2v) is 8.54. The molecule has 0 spiro atoms. The molecule has 2 nitrogen and oxygen atoms in total. The summed E-state index contributed by atoms with van der Waals surface area (Å²) >= 11 is 0. The maximum atomic E-state index is 9.83. The maximum absolute atomic E-state index is 9.83. The minimum atomic E-state index is -1.01. The molecule has 0 saturated heterocycles. The summed E-state index contributed by atoms with van der Waals surface area (Å²) in [4.78, 5) is 0. The predicted octanol–water partition coefficient (Wildman–Crippen LogP) is 2.73. The van der Waals surface area contributed by atoms with Crippen molar-refractivity contribution in [3.8, 4) is 0 Å². The molecule has 3 atom stereocenters. The van der Waals surface area contributed by atoms with Crippen LogP contribution in [0.1, 0.15) is 33.6 Å². The monoisotopic (exact) mass is 242 g/mol. The van der Waals surface area contributed by atoms with Crippen LogP contribution < -0.4 is 0 Å². The second-order valence-electron chi connectivity index (χ2n) is 6.17. The lowest BCUT2D eigenvalue weighted by molar-refractivity contribution is 0.0430. The van der Waals surface area contributed by atoms with Gasteiger partial charge in [-0.3, -0.25) is 0 Å². The van der Waals surface area contributed by atoms with Crippen molar-refractivity contribution in [2.75, 3.05) is 0 Å². The van der Waals surface area contributed by atoms with Gasteiger partial charge in [-0.1, -0.05) is 32.9 Å². The molecule has 0 aliphatic heterocycles. The third-order valence-corrected chi connectivity index (χ3v) is 4.02. The number of hydrogen-bond acceptors (Lipinski definition) is 2. The fourth-order valence-corrected chi connectivity index (χ4v) is 3.30. The maximum Gasteiger partial charge on any atom is 0.171 e. The quantitative estimate of drug-likeness (QED) is 0.607. The van der Waals surface area contributed by atoms with E-state index in [1.54, 1.807) is 0 Å². The lowest BCUT2D eigenvalue weighted by Gasteiger charge is -2.34. The van der Waals surface area contributed by atoms with E-state index in [0.29, 0.717) is 0 Å². The van der Waals surface area contributed by atoms with Crippen LogP contribution in [0.15, 0.2) is 12.2 Å². The largest absolute Gasteiger partial charge is 0.417 e. The Kier molecular flexibility index (Phi) is 4.77. The Morgan fingerprint density at radius 2 is 2.06 bits per heavy atom. The molecular formula is C13H26O2Si. The molecule has 0 fully saturated rings. The van der Waals surface area contributed by atoms with Gasteiger partial charge in [-0.05, 0) is 31.4 Å². The molecule has 0 aromatic carbocycles. The third-order valence-electron chi connectivity index (χ3n) is 3.14. The fraction of sp³-hybridized carbons (Fsp3) is 0.846. The molecule has 0 bridgehead atoms. The summed E-state index contributed by atoms with van der Waals surface area (Å²) in [6.45, 7) is 11.1. The highest BCUT2D eigenvalue weighted by molar-refractivity contribution is 6.48. The first kappa shape index (κ1) is 13.9. The van der Waals surface area contributed by atoms with Crippen LogP contribution in [0.5, 0.6) is 0 Å². The van der Waals surface area contributed by atoms with E-state index in [1.165, 1.54) is 0 Å². The third kappa shape index (κ3) is 4.04. The standard InChI is InChI=1S/C13H26O2Si/c1-13(2,3)12(15-16(4)5)9-10-7-6-8-11(10)14/h6-7,10-12,14,16H,8-9H2,1-5H3. The van der Waals surface area contributed by atoms with E-state index in [4.69, 9.17) is 4.43 Å². The minimum absolute atomic E-state index is 0.160. The van der Waals surface area contributed by atoms with E-state index in [1.807, 2.05) is 0 Å². The molecule has 0 amide bonds. The van der Waals surface area contributed by atoms with Crippen LogP contribution >= 0.6 is 0 Å². The SMILES string of the molecule is C[SiH](C)OC(CC1C=CCC1O)C(C)(C)C. The van der Waals surface area contributed by atoms with Crippen molar-refractivity contribution in [3.05, 3.63) is 12.2 Å². The van der Waals surface area contributed by atoms with E-state index in [9.17, 15) is 5.11 Å². The van der Waals surface area contributed by atoms with Crippen LogP contribution in [-0.2, 0) is 4.43 Å². The van der Waals surface area contributed by atoms with Crippen LogP contribution in [0.25, 0.3) is 0 Å². The molecule has 0 heterocycles. The Morgan fingerprint density at radius 3 is 2.44 bits per heavy atom. The first-order chi connectivity index (χ1) is 7.30. The van der Waals surface area contributed by atoms with Gasteiger partial charge in [-0.2, -0.15) is 0 Å². The van der Waals surface area contributed by atoms with Gasteiger partial charge in [0.05, 0.1) is 12.2 Å². The van der Waals surface area contributed by atoms with E-state index in [0.717, 1.165) is 12.8 Å². The molecule has 3 unspecified atom stereocenters. The highest BCUT2D eigenvalue weighted by Crippen LogP contribution is 2.32. The molecular weight excluding hydrogens is 216 g/mol. The highest BCUT2D eigenvalue weighted by Gasteiger charge is 2.31.